The van der Waals surface area contributed by atoms with E-state index in [2.05, 4.69) is 11.1 Å². The molecule has 112 valence electrons. The number of thioether (sulfide) groups is 1. The van der Waals surface area contributed by atoms with Crippen LogP contribution < -0.4 is 0 Å². The maximum absolute atomic E-state index is 9.12. The Balaban J connectivity index is 1.93. The fourth-order valence-corrected chi connectivity index (χ4v) is 3.79. The quantitative estimate of drug-likeness (QED) is 0.612. The average Bonchev–Trinajstić information content (AvgIpc) is 3.19. The average molecular weight is 370 g/mol. The Bertz CT molecular complexity index is 835. The summed E-state index contributed by atoms with van der Waals surface area (Å²) in [4.78, 5) is 4.95. The molecule has 2 aromatic heterocycles. The third-order valence-electron chi connectivity index (χ3n) is 3.46. The van der Waals surface area contributed by atoms with Gasteiger partial charge < -0.3 is 0 Å². The maximum Gasteiger partial charge on any atom is 0.156 e. The van der Waals surface area contributed by atoms with Gasteiger partial charge in [-0.1, -0.05) is 23.4 Å². The van der Waals surface area contributed by atoms with Crippen LogP contribution in [-0.4, -0.2) is 19.5 Å². The summed E-state index contributed by atoms with van der Waals surface area (Å²) in [5.74, 6) is 0. The van der Waals surface area contributed by atoms with Gasteiger partial charge in [0.25, 0.3) is 0 Å². The molecule has 0 unspecified atom stereocenters. The summed E-state index contributed by atoms with van der Waals surface area (Å²) in [6.45, 7) is 0. The number of nitrogens with zero attached hydrogens (tertiary/aromatic N) is 3. The molecule has 1 aliphatic rings. The molecule has 0 saturated heterocycles. The number of nitriles is 1. The third kappa shape index (κ3) is 2.61. The van der Waals surface area contributed by atoms with Crippen LogP contribution in [0.15, 0.2) is 23.4 Å². The van der Waals surface area contributed by atoms with Crippen molar-refractivity contribution in [3.63, 3.8) is 0 Å². The summed E-state index contributed by atoms with van der Waals surface area (Å²) in [5, 5.41) is 26.2. The molecule has 0 atom stereocenters. The molecule has 0 bridgehead atoms. The smallest absolute Gasteiger partial charge is 0.156 e. The summed E-state index contributed by atoms with van der Waals surface area (Å²) >= 11 is 7.14. The minimum absolute atomic E-state index is 0.159. The normalized spacial score (nSPS) is 15.5. The Kier molecular flexibility index (Phi) is 4.12. The largest absolute Gasteiger partial charge is 0.296 e. The fraction of sp³-hybridized carbons (Fsp3) is 0.231. The van der Waals surface area contributed by atoms with Crippen molar-refractivity contribution in [1.82, 2.24) is 9.38 Å². The van der Waals surface area contributed by atoms with Crippen LogP contribution in [0.4, 0.5) is 0 Å². The zero-order valence-electron chi connectivity index (χ0n) is 11.1. The lowest BCUT2D eigenvalue weighted by atomic mass is 10.2. The fourth-order valence-electron chi connectivity index (χ4n) is 2.00. The molecule has 2 N–H and O–H groups in total. The van der Waals surface area contributed by atoms with Crippen LogP contribution in [0, 0.1) is 27.6 Å². The summed E-state index contributed by atoms with van der Waals surface area (Å²) in [6, 6.07) is 3.87. The molecule has 0 amide bonds. The number of rotatable bonds is 3. The Morgan fingerprint density at radius 3 is 2.77 bits per heavy atom. The minimum Gasteiger partial charge on any atom is -0.296 e. The van der Waals surface area contributed by atoms with Crippen LogP contribution in [0.2, 0.25) is 5.02 Å². The number of aromatic nitrogens is 2. The standard InChI is InChI=1S/C13H9Cl2N5S2/c14-8-3-7(22-15)5-20-9(4-19-11(8)20)10(17)21-12(18)13(6-16)1-2-13/h3-5,17-18H,1-2H2. The number of halogens is 2. The van der Waals surface area contributed by atoms with Crippen LogP contribution in [0.25, 0.3) is 5.65 Å². The lowest BCUT2D eigenvalue weighted by Gasteiger charge is -2.09. The van der Waals surface area contributed by atoms with Gasteiger partial charge in [-0.15, -0.1) is 0 Å². The highest BCUT2D eigenvalue weighted by molar-refractivity contribution is 8.26. The highest BCUT2D eigenvalue weighted by Crippen LogP contribution is 2.49. The maximum atomic E-state index is 9.12. The van der Waals surface area contributed by atoms with E-state index < -0.39 is 5.41 Å². The number of pyridine rings is 1. The third-order valence-corrected chi connectivity index (χ3v) is 5.68. The van der Waals surface area contributed by atoms with Gasteiger partial charge in [0.2, 0.25) is 0 Å². The molecule has 2 aromatic rings. The zero-order valence-corrected chi connectivity index (χ0v) is 14.2. The van der Waals surface area contributed by atoms with E-state index >= 15 is 0 Å². The van der Waals surface area contributed by atoms with Gasteiger partial charge in [-0.2, -0.15) is 5.26 Å². The van der Waals surface area contributed by atoms with Crippen molar-refractivity contribution in [1.29, 1.82) is 16.1 Å². The molecular formula is C13H9Cl2N5S2. The molecular weight excluding hydrogens is 361 g/mol. The molecule has 0 aliphatic heterocycles. The van der Waals surface area contributed by atoms with Crippen molar-refractivity contribution < 1.29 is 0 Å². The van der Waals surface area contributed by atoms with Crippen LogP contribution >= 0.6 is 45.0 Å². The first-order valence-electron chi connectivity index (χ1n) is 6.23. The van der Waals surface area contributed by atoms with Gasteiger partial charge in [0.05, 0.1) is 28.0 Å². The van der Waals surface area contributed by atoms with Gasteiger partial charge in [0.15, 0.2) is 5.65 Å². The summed E-state index contributed by atoms with van der Waals surface area (Å²) in [6.07, 6.45) is 4.67. The van der Waals surface area contributed by atoms with Crippen molar-refractivity contribution in [3.8, 4) is 6.07 Å². The van der Waals surface area contributed by atoms with E-state index in [0.717, 1.165) is 27.6 Å². The molecule has 9 heteroatoms. The molecule has 5 nitrogen and oxygen atoms in total. The van der Waals surface area contributed by atoms with E-state index in [1.807, 2.05) is 0 Å². The van der Waals surface area contributed by atoms with Gasteiger partial charge in [-0.3, -0.25) is 15.2 Å². The van der Waals surface area contributed by atoms with Gasteiger partial charge in [-0.05, 0) is 40.6 Å². The van der Waals surface area contributed by atoms with Crippen LogP contribution in [0.1, 0.15) is 18.5 Å². The highest BCUT2D eigenvalue weighted by atomic mass is 35.7. The van der Waals surface area contributed by atoms with Gasteiger partial charge in [-0.25, -0.2) is 4.98 Å². The topological polar surface area (TPSA) is 88.8 Å². The summed E-state index contributed by atoms with van der Waals surface area (Å²) < 4.78 is 1.68. The Hall–Kier alpha value is -1.20. The number of nitrogens with one attached hydrogen (secondary N) is 2. The van der Waals surface area contributed by atoms with Crippen LogP contribution in [0.3, 0.4) is 0 Å². The first-order chi connectivity index (χ1) is 10.5. The lowest BCUT2D eigenvalue weighted by Crippen LogP contribution is -2.12. The highest BCUT2D eigenvalue weighted by Gasteiger charge is 2.48. The second-order valence-electron chi connectivity index (χ2n) is 4.89. The second-order valence-corrected chi connectivity index (χ2v) is 7.41. The molecule has 0 radical (unpaired) electrons. The zero-order chi connectivity index (χ0) is 15.9. The van der Waals surface area contributed by atoms with Crippen LogP contribution in [-0.2, 0) is 0 Å². The van der Waals surface area contributed by atoms with Crippen LogP contribution in [0.5, 0.6) is 0 Å². The van der Waals surface area contributed by atoms with Crippen molar-refractivity contribution in [2.45, 2.75) is 17.7 Å². The second kappa shape index (κ2) is 5.78. The minimum atomic E-state index is -0.688. The molecule has 0 aromatic carbocycles. The molecule has 1 aliphatic carbocycles. The van der Waals surface area contributed by atoms with E-state index in [0.29, 0.717) is 29.2 Å². The van der Waals surface area contributed by atoms with Crippen molar-refractivity contribution in [3.05, 3.63) is 29.2 Å². The number of hydrogen-bond donors (Lipinski definition) is 2. The van der Waals surface area contributed by atoms with E-state index in [9.17, 15) is 0 Å². The van der Waals surface area contributed by atoms with Crippen molar-refractivity contribution in [2.24, 2.45) is 5.41 Å². The summed E-state index contributed by atoms with van der Waals surface area (Å²) in [5.41, 5.74) is 0.365. The monoisotopic (exact) mass is 369 g/mol. The van der Waals surface area contributed by atoms with Crippen molar-refractivity contribution >= 4 is 60.8 Å². The van der Waals surface area contributed by atoms with E-state index in [1.54, 1.807) is 22.9 Å². The Morgan fingerprint density at radius 1 is 1.45 bits per heavy atom. The van der Waals surface area contributed by atoms with E-state index in [-0.39, 0.29) is 10.1 Å². The van der Waals surface area contributed by atoms with Gasteiger partial charge in [0.1, 0.15) is 10.5 Å². The van der Waals surface area contributed by atoms with Gasteiger partial charge in [0, 0.05) is 11.1 Å². The Morgan fingerprint density at radius 2 is 2.18 bits per heavy atom. The first-order valence-corrected chi connectivity index (χ1v) is 9.07. The molecule has 3 rings (SSSR count). The molecule has 1 saturated carbocycles. The predicted octanol–water partition coefficient (Wildman–Crippen LogP) is 4.57. The van der Waals surface area contributed by atoms with Crippen molar-refractivity contribution in [2.75, 3.05) is 0 Å². The number of imidazole rings is 1. The number of fused-ring (bicyclic) bond motifs is 1. The molecule has 0 spiro atoms. The Labute approximate surface area is 144 Å². The van der Waals surface area contributed by atoms with E-state index in [1.165, 1.54) is 0 Å². The first kappa shape index (κ1) is 15.7. The lowest BCUT2D eigenvalue weighted by molar-refractivity contribution is 0.948. The van der Waals surface area contributed by atoms with Gasteiger partial charge >= 0.3 is 0 Å². The molecule has 22 heavy (non-hydrogen) atoms. The van der Waals surface area contributed by atoms with E-state index in [4.69, 9.17) is 38.4 Å². The number of hydrogen-bond acceptors (Lipinski definition) is 6. The molecule has 1 fully saturated rings. The molecule has 2 heterocycles. The summed E-state index contributed by atoms with van der Waals surface area (Å²) in [7, 11) is 6.79. The SMILES string of the molecule is N#CC1(C(=N)SC(=N)c2cnc3c(Cl)cc(SCl)cn23)CC1. The predicted molar refractivity (Wildman–Crippen MR) is 91.3 cm³/mol.